The lowest BCUT2D eigenvalue weighted by Crippen LogP contribution is -2.19. The molecule has 0 heterocycles. The maximum Gasteiger partial charge on any atom is 0.261 e. The summed E-state index contributed by atoms with van der Waals surface area (Å²) in [5.41, 5.74) is 1.90. The fourth-order valence-corrected chi connectivity index (χ4v) is 3.76. The largest absolute Gasteiger partial charge is 0.495 e. The summed E-state index contributed by atoms with van der Waals surface area (Å²) < 4.78 is 32.7. The molecular weight excluding hydrogens is 394 g/mol. The van der Waals surface area contributed by atoms with Crippen molar-refractivity contribution in [2.24, 2.45) is 0 Å². The van der Waals surface area contributed by atoms with E-state index in [1.165, 1.54) is 12.1 Å². The fourth-order valence-electron chi connectivity index (χ4n) is 2.47. The van der Waals surface area contributed by atoms with E-state index in [0.717, 1.165) is 5.69 Å². The highest BCUT2D eigenvalue weighted by molar-refractivity contribution is 7.92. The number of sulfonamides is 1. The van der Waals surface area contributed by atoms with Crippen molar-refractivity contribution in [3.8, 4) is 5.75 Å². The van der Waals surface area contributed by atoms with Crippen LogP contribution in [0.1, 0.15) is 0 Å². The Hall–Kier alpha value is -3.10. The number of hydrogen-bond acceptors (Lipinski definition) is 4. The predicted molar refractivity (Wildman–Crippen MR) is 117 cm³/mol. The monoisotopic (exact) mass is 413 g/mol. The van der Waals surface area contributed by atoms with Gasteiger partial charge in [-0.3, -0.25) is 4.72 Å². The molecule has 0 fully saturated rings. The molecule has 0 aliphatic rings. The summed E-state index contributed by atoms with van der Waals surface area (Å²) in [7, 11) is -2.08. The average Bonchev–Trinajstić information content (AvgIpc) is 2.69. The minimum atomic E-state index is -3.66. The standard InChI is InChI=1S/C20H19N3O3S2/c1-26-19-10-6-5-9-18(19)22-20(27)21-15-11-13-17(14-12-15)28(24,25)23-16-7-3-2-4-8-16/h2-14,23H,1H3,(H2,21,22,27). The van der Waals surface area contributed by atoms with Crippen molar-refractivity contribution in [3.05, 3.63) is 78.9 Å². The number of nitrogens with one attached hydrogen (secondary N) is 3. The Morgan fingerprint density at radius 2 is 1.46 bits per heavy atom. The quantitative estimate of drug-likeness (QED) is 0.523. The van der Waals surface area contributed by atoms with Crippen molar-refractivity contribution in [2.75, 3.05) is 22.5 Å². The number of benzene rings is 3. The highest BCUT2D eigenvalue weighted by atomic mass is 32.2. The first-order chi connectivity index (χ1) is 13.5. The van der Waals surface area contributed by atoms with Crippen LogP contribution in [0.15, 0.2) is 83.8 Å². The van der Waals surface area contributed by atoms with Crippen LogP contribution in [-0.2, 0) is 10.0 Å². The van der Waals surface area contributed by atoms with Crippen molar-refractivity contribution in [2.45, 2.75) is 4.90 Å². The molecule has 3 aromatic carbocycles. The Bertz CT molecular complexity index is 1050. The molecule has 0 aliphatic heterocycles. The average molecular weight is 414 g/mol. The van der Waals surface area contributed by atoms with E-state index in [-0.39, 0.29) is 4.90 Å². The molecule has 6 nitrogen and oxygen atoms in total. The molecule has 0 spiro atoms. The number of ether oxygens (including phenoxy) is 1. The van der Waals surface area contributed by atoms with Crippen LogP contribution in [0.2, 0.25) is 0 Å². The van der Waals surface area contributed by atoms with Gasteiger partial charge in [-0.2, -0.15) is 0 Å². The van der Waals surface area contributed by atoms with Crippen molar-refractivity contribution in [1.82, 2.24) is 0 Å². The fraction of sp³-hybridized carbons (Fsp3) is 0.0500. The number of methoxy groups -OCH3 is 1. The maximum atomic E-state index is 12.5. The zero-order valence-electron chi connectivity index (χ0n) is 15.0. The van der Waals surface area contributed by atoms with Crippen LogP contribution >= 0.6 is 12.2 Å². The van der Waals surface area contributed by atoms with Gasteiger partial charge in [-0.25, -0.2) is 8.42 Å². The minimum absolute atomic E-state index is 0.158. The zero-order valence-corrected chi connectivity index (χ0v) is 16.7. The molecule has 0 saturated heterocycles. The first-order valence-electron chi connectivity index (χ1n) is 8.37. The van der Waals surface area contributed by atoms with Gasteiger partial charge in [0, 0.05) is 11.4 Å². The van der Waals surface area contributed by atoms with Gasteiger partial charge in [0.05, 0.1) is 17.7 Å². The van der Waals surface area contributed by atoms with Gasteiger partial charge in [-0.05, 0) is 60.7 Å². The third-order valence-electron chi connectivity index (χ3n) is 3.80. The van der Waals surface area contributed by atoms with Crippen LogP contribution in [0.5, 0.6) is 5.75 Å². The summed E-state index contributed by atoms with van der Waals surface area (Å²) in [6, 6.07) is 22.5. The molecule has 0 amide bonds. The van der Waals surface area contributed by atoms with E-state index in [1.54, 1.807) is 43.5 Å². The van der Waals surface area contributed by atoms with E-state index in [1.807, 2.05) is 30.3 Å². The normalized spacial score (nSPS) is 10.8. The van der Waals surface area contributed by atoms with Gasteiger partial charge >= 0.3 is 0 Å². The zero-order chi connectivity index (χ0) is 20.0. The van der Waals surface area contributed by atoms with Gasteiger partial charge in [-0.1, -0.05) is 30.3 Å². The Kier molecular flexibility index (Phi) is 6.13. The molecule has 0 aliphatic carbocycles. The van der Waals surface area contributed by atoms with Gasteiger partial charge in [0.1, 0.15) is 5.75 Å². The minimum Gasteiger partial charge on any atom is -0.495 e. The molecule has 28 heavy (non-hydrogen) atoms. The van der Waals surface area contributed by atoms with E-state index in [0.29, 0.717) is 22.2 Å². The lowest BCUT2D eigenvalue weighted by molar-refractivity contribution is 0.417. The first kappa shape index (κ1) is 19.7. The molecule has 0 radical (unpaired) electrons. The molecule has 3 rings (SSSR count). The third kappa shape index (κ3) is 4.99. The summed E-state index contributed by atoms with van der Waals surface area (Å²) >= 11 is 5.31. The number of hydrogen-bond donors (Lipinski definition) is 3. The Morgan fingerprint density at radius 3 is 2.14 bits per heavy atom. The highest BCUT2D eigenvalue weighted by Gasteiger charge is 2.14. The molecule has 0 aromatic heterocycles. The topological polar surface area (TPSA) is 79.5 Å². The Balaban J connectivity index is 1.66. The highest BCUT2D eigenvalue weighted by Crippen LogP contribution is 2.23. The van der Waals surface area contributed by atoms with Crippen molar-refractivity contribution in [1.29, 1.82) is 0 Å². The maximum absolute atomic E-state index is 12.5. The number of rotatable bonds is 6. The van der Waals surface area contributed by atoms with Crippen LogP contribution in [0.25, 0.3) is 0 Å². The third-order valence-corrected chi connectivity index (χ3v) is 5.40. The molecule has 0 bridgehead atoms. The molecule has 0 atom stereocenters. The van der Waals surface area contributed by atoms with E-state index in [2.05, 4.69) is 15.4 Å². The lowest BCUT2D eigenvalue weighted by atomic mass is 10.3. The molecule has 3 aromatic rings. The van der Waals surface area contributed by atoms with Crippen molar-refractivity contribution in [3.63, 3.8) is 0 Å². The van der Waals surface area contributed by atoms with Gasteiger partial charge in [0.15, 0.2) is 5.11 Å². The Morgan fingerprint density at radius 1 is 0.821 bits per heavy atom. The molecule has 144 valence electrons. The van der Waals surface area contributed by atoms with Gasteiger partial charge in [0.2, 0.25) is 0 Å². The predicted octanol–water partition coefficient (Wildman–Crippen LogP) is 4.30. The van der Waals surface area contributed by atoms with Crippen LogP contribution in [0.3, 0.4) is 0 Å². The summed E-state index contributed by atoms with van der Waals surface area (Å²) in [4.78, 5) is 0.158. The van der Waals surface area contributed by atoms with E-state index in [9.17, 15) is 8.42 Å². The Labute approximate surface area is 169 Å². The number of anilines is 3. The van der Waals surface area contributed by atoms with Gasteiger partial charge in [-0.15, -0.1) is 0 Å². The smallest absolute Gasteiger partial charge is 0.261 e. The second-order valence-electron chi connectivity index (χ2n) is 5.78. The van der Waals surface area contributed by atoms with E-state index >= 15 is 0 Å². The van der Waals surface area contributed by atoms with E-state index < -0.39 is 10.0 Å². The van der Waals surface area contributed by atoms with E-state index in [4.69, 9.17) is 17.0 Å². The summed E-state index contributed by atoms with van der Waals surface area (Å²) in [6.07, 6.45) is 0. The molecular formula is C20H19N3O3S2. The van der Waals surface area contributed by atoms with Gasteiger partial charge in [0.25, 0.3) is 10.0 Å². The van der Waals surface area contributed by atoms with Crippen LogP contribution in [0.4, 0.5) is 17.1 Å². The summed E-state index contributed by atoms with van der Waals surface area (Å²) in [6.45, 7) is 0. The number of para-hydroxylation sites is 3. The van der Waals surface area contributed by atoms with Crippen LogP contribution < -0.4 is 20.1 Å². The molecule has 0 saturated carbocycles. The summed E-state index contributed by atoms with van der Waals surface area (Å²) in [5.74, 6) is 0.667. The van der Waals surface area contributed by atoms with Crippen molar-refractivity contribution >= 4 is 44.4 Å². The number of thiocarbonyl (C=S) groups is 1. The van der Waals surface area contributed by atoms with Crippen LogP contribution in [0, 0.1) is 0 Å². The van der Waals surface area contributed by atoms with Crippen molar-refractivity contribution < 1.29 is 13.2 Å². The SMILES string of the molecule is COc1ccccc1NC(=S)Nc1ccc(S(=O)(=O)Nc2ccccc2)cc1. The molecule has 0 unspecified atom stereocenters. The second kappa shape index (κ2) is 8.73. The molecule has 8 heteroatoms. The first-order valence-corrected chi connectivity index (χ1v) is 10.3. The molecule has 3 N–H and O–H groups in total. The summed E-state index contributed by atoms with van der Waals surface area (Å²) in [5, 5.41) is 6.44. The van der Waals surface area contributed by atoms with Gasteiger partial charge < -0.3 is 15.4 Å². The lowest BCUT2D eigenvalue weighted by Gasteiger charge is -2.13. The second-order valence-corrected chi connectivity index (χ2v) is 7.87. The van der Waals surface area contributed by atoms with Crippen LogP contribution in [-0.4, -0.2) is 20.6 Å².